The fraction of sp³-hybridized carbons (Fsp3) is 0.440. The molecule has 61 heavy (non-hydrogen) atoms. The van der Waals surface area contributed by atoms with Crippen molar-refractivity contribution in [2.45, 2.75) is 114 Å². The molecular formula is C50H62O11. The molecule has 0 saturated carbocycles. The molecule has 0 radical (unpaired) electrons. The molecule has 0 fully saturated rings. The van der Waals surface area contributed by atoms with Crippen molar-refractivity contribution in [1.29, 1.82) is 0 Å². The first kappa shape index (κ1) is 47.8. The van der Waals surface area contributed by atoms with Crippen LogP contribution in [0.3, 0.4) is 0 Å². The standard InChI is InChI=1S/C50H62O11/c1-30-18-39(19-31(2)38(30)9)10-14-43(51)58-26-50(27-59-44(52)15-11-40-20-32(3)47(55)33(4)21-40,28-60-45(53)16-12-41-22-34(5)48(56)35(6)23-41)29-61-46(54)17-13-42-24-36(7)49(57)37(8)25-42/h18-25,55-57H,10-17,26-29H2,1-9H3. The lowest BCUT2D eigenvalue weighted by atomic mass is 9.92. The molecule has 0 heterocycles. The van der Waals surface area contributed by atoms with Crippen LogP contribution in [-0.2, 0) is 63.8 Å². The predicted octanol–water partition coefficient (Wildman–Crippen LogP) is 8.57. The average molecular weight is 839 g/mol. The van der Waals surface area contributed by atoms with E-state index in [4.69, 9.17) is 18.9 Å². The SMILES string of the molecule is Cc1cc(CCC(=O)OCC(COC(=O)CCc2cc(C)c(O)c(C)c2)(COC(=O)CCc2cc(C)c(O)c(C)c2)COC(=O)CCc2cc(C)c(O)c(C)c2)cc(C)c1C. The first-order chi connectivity index (χ1) is 28.7. The molecule has 11 nitrogen and oxygen atoms in total. The third-order valence-corrected chi connectivity index (χ3v) is 11.3. The fourth-order valence-electron chi connectivity index (χ4n) is 7.30. The second-order valence-corrected chi connectivity index (χ2v) is 16.7. The largest absolute Gasteiger partial charge is 0.507 e. The van der Waals surface area contributed by atoms with Crippen LogP contribution in [0.1, 0.15) is 98.0 Å². The lowest BCUT2D eigenvalue weighted by Crippen LogP contribution is -2.44. The van der Waals surface area contributed by atoms with Gasteiger partial charge in [0.05, 0.1) is 0 Å². The summed E-state index contributed by atoms with van der Waals surface area (Å²) in [5, 5.41) is 30.6. The fourth-order valence-corrected chi connectivity index (χ4v) is 7.30. The minimum absolute atomic E-state index is 0.00852. The van der Waals surface area contributed by atoms with E-state index in [9.17, 15) is 34.5 Å². The molecule has 4 rings (SSSR count). The van der Waals surface area contributed by atoms with Crippen LogP contribution in [-0.4, -0.2) is 65.6 Å². The molecule has 0 atom stereocenters. The summed E-state index contributed by atoms with van der Waals surface area (Å²) in [7, 11) is 0. The second-order valence-electron chi connectivity index (χ2n) is 16.7. The van der Waals surface area contributed by atoms with Crippen LogP contribution in [0.2, 0.25) is 0 Å². The highest BCUT2D eigenvalue weighted by Gasteiger charge is 2.38. The zero-order valence-corrected chi connectivity index (χ0v) is 37.2. The second kappa shape index (κ2) is 21.6. The minimum atomic E-state index is -1.46. The van der Waals surface area contributed by atoms with Crippen LogP contribution in [0.5, 0.6) is 17.2 Å². The van der Waals surface area contributed by atoms with Gasteiger partial charge in [-0.3, -0.25) is 19.2 Å². The molecular weight excluding hydrogens is 777 g/mol. The molecule has 11 heteroatoms. The Bertz CT molecular complexity index is 1830. The number of aromatic hydroxyl groups is 3. The Morgan fingerprint density at radius 3 is 0.787 bits per heavy atom. The quantitative estimate of drug-likeness (QED) is 0.0577. The van der Waals surface area contributed by atoms with Gasteiger partial charge < -0.3 is 34.3 Å². The molecule has 3 N–H and O–H groups in total. The van der Waals surface area contributed by atoms with Gasteiger partial charge >= 0.3 is 23.9 Å². The van der Waals surface area contributed by atoms with E-state index in [-0.39, 0.29) is 49.5 Å². The molecule has 0 aliphatic rings. The van der Waals surface area contributed by atoms with Crippen molar-refractivity contribution in [2.24, 2.45) is 5.41 Å². The highest BCUT2D eigenvalue weighted by atomic mass is 16.6. The number of esters is 4. The number of carbonyl (C=O) groups excluding carboxylic acids is 4. The van der Waals surface area contributed by atoms with E-state index < -0.39 is 49.1 Å². The maximum Gasteiger partial charge on any atom is 0.306 e. The normalized spacial score (nSPS) is 11.3. The summed E-state index contributed by atoms with van der Waals surface area (Å²) in [4.78, 5) is 53.2. The Kier molecular flexibility index (Phi) is 16.9. The average Bonchev–Trinajstić information content (AvgIpc) is 3.21. The van der Waals surface area contributed by atoms with Gasteiger partial charge in [0.1, 0.15) is 49.1 Å². The molecule has 4 aromatic carbocycles. The summed E-state index contributed by atoms with van der Waals surface area (Å²) in [6.45, 7) is 15.2. The first-order valence-corrected chi connectivity index (χ1v) is 20.8. The summed E-state index contributed by atoms with van der Waals surface area (Å²) in [5.41, 5.74) is 9.58. The third kappa shape index (κ3) is 14.1. The molecule has 0 saturated heterocycles. The number of carbonyl (C=O) groups is 4. The van der Waals surface area contributed by atoms with E-state index in [2.05, 4.69) is 6.92 Å². The molecule has 0 bridgehead atoms. The highest BCUT2D eigenvalue weighted by Crippen LogP contribution is 2.28. The Labute approximate surface area is 360 Å². The molecule has 328 valence electrons. The zero-order valence-electron chi connectivity index (χ0n) is 37.2. The molecule has 0 spiro atoms. The smallest absolute Gasteiger partial charge is 0.306 e. The van der Waals surface area contributed by atoms with Gasteiger partial charge in [-0.15, -0.1) is 0 Å². The number of ether oxygens (including phenoxy) is 4. The maximum atomic E-state index is 13.3. The van der Waals surface area contributed by atoms with Crippen LogP contribution in [0.25, 0.3) is 0 Å². The maximum absolute atomic E-state index is 13.3. The molecule has 0 aliphatic heterocycles. The van der Waals surface area contributed by atoms with Crippen molar-refractivity contribution in [1.82, 2.24) is 0 Å². The molecule has 0 amide bonds. The summed E-state index contributed by atoms with van der Waals surface area (Å²) in [6.07, 6.45) is 1.45. The number of hydrogen-bond acceptors (Lipinski definition) is 11. The summed E-state index contributed by atoms with van der Waals surface area (Å²) < 4.78 is 23.2. The van der Waals surface area contributed by atoms with Crippen molar-refractivity contribution >= 4 is 23.9 Å². The van der Waals surface area contributed by atoms with Crippen molar-refractivity contribution < 1.29 is 53.4 Å². The number of phenols is 3. The van der Waals surface area contributed by atoms with Gasteiger partial charge in [-0.25, -0.2) is 0 Å². The van der Waals surface area contributed by atoms with E-state index in [1.54, 1.807) is 77.9 Å². The van der Waals surface area contributed by atoms with Crippen LogP contribution in [0.4, 0.5) is 0 Å². The van der Waals surface area contributed by atoms with Gasteiger partial charge in [0.2, 0.25) is 0 Å². The van der Waals surface area contributed by atoms with E-state index in [1.165, 1.54) is 5.56 Å². The van der Waals surface area contributed by atoms with Gasteiger partial charge in [-0.05, 0) is 160 Å². The lowest BCUT2D eigenvalue weighted by molar-refractivity contribution is -0.170. The van der Waals surface area contributed by atoms with E-state index in [0.29, 0.717) is 59.1 Å². The van der Waals surface area contributed by atoms with Gasteiger partial charge in [0, 0.05) is 25.7 Å². The van der Waals surface area contributed by atoms with Crippen LogP contribution < -0.4 is 0 Å². The summed E-state index contributed by atoms with van der Waals surface area (Å²) in [5.74, 6) is -1.66. The Morgan fingerprint density at radius 2 is 0.574 bits per heavy atom. The monoisotopic (exact) mass is 838 g/mol. The molecule has 0 aliphatic carbocycles. The topological polar surface area (TPSA) is 166 Å². The van der Waals surface area contributed by atoms with E-state index in [0.717, 1.165) is 33.4 Å². The number of rotatable bonds is 20. The highest BCUT2D eigenvalue weighted by molar-refractivity contribution is 5.72. The van der Waals surface area contributed by atoms with E-state index in [1.807, 2.05) is 26.0 Å². The number of aryl methyl sites for hydroxylation is 12. The van der Waals surface area contributed by atoms with Crippen molar-refractivity contribution in [2.75, 3.05) is 26.4 Å². The number of benzene rings is 4. The predicted molar refractivity (Wildman–Crippen MR) is 233 cm³/mol. The van der Waals surface area contributed by atoms with Gasteiger partial charge in [0.25, 0.3) is 0 Å². The molecule has 0 unspecified atom stereocenters. The van der Waals surface area contributed by atoms with Crippen LogP contribution in [0, 0.1) is 67.7 Å². The van der Waals surface area contributed by atoms with Gasteiger partial charge in [-0.2, -0.15) is 0 Å². The van der Waals surface area contributed by atoms with Crippen LogP contribution >= 0.6 is 0 Å². The van der Waals surface area contributed by atoms with Crippen molar-refractivity contribution in [3.8, 4) is 17.2 Å². The lowest BCUT2D eigenvalue weighted by Gasteiger charge is -2.31. The van der Waals surface area contributed by atoms with Crippen molar-refractivity contribution in [3.05, 3.63) is 121 Å². The first-order valence-electron chi connectivity index (χ1n) is 20.8. The third-order valence-electron chi connectivity index (χ3n) is 11.3. The van der Waals surface area contributed by atoms with Gasteiger partial charge in [0.15, 0.2) is 0 Å². The Hall–Kier alpha value is -5.84. The van der Waals surface area contributed by atoms with Crippen molar-refractivity contribution in [3.63, 3.8) is 0 Å². The number of hydrogen-bond donors (Lipinski definition) is 3. The summed E-state index contributed by atoms with van der Waals surface area (Å²) >= 11 is 0. The zero-order chi connectivity index (χ0) is 45.0. The Morgan fingerprint density at radius 1 is 0.377 bits per heavy atom. The minimum Gasteiger partial charge on any atom is -0.507 e. The molecule has 0 aromatic heterocycles. The Balaban J connectivity index is 1.54. The molecule has 4 aromatic rings. The number of phenolic OH excluding ortho intramolecular Hbond substituents is 3. The van der Waals surface area contributed by atoms with Gasteiger partial charge in [-0.1, -0.05) is 48.5 Å². The van der Waals surface area contributed by atoms with Crippen LogP contribution in [0.15, 0.2) is 48.5 Å². The van der Waals surface area contributed by atoms with E-state index >= 15 is 0 Å². The summed E-state index contributed by atoms with van der Waals surface area (Å²) in [6, 6.07) is 14.9.